The van der Waals surface area contributed by atoms with Crippen LogP contribution in [0.15, 0.2) is 0 Å². The van der Waals surface area contributed by atoms with Crippen molar-refractivity contribution in [3.05, 3.63) is 0 Å². The van der Waals surface area contributed by atoms with Crippen LogP contribution in [-0.4, -0.2) is 54.3 Å². The second-order valence-electron chi connectivity index (χ2n) is 5.20. The number of ether oxygens (including phenoxy) is 1. The lowest BCUT2D eigenvalue weighted by Crippen LogP contribution is -2.38. The van der Waals surface area contributed by atoms with Crippen molar-refractivity contribution < 1.29 is 4.74 Å². The van der Waals surface area contributed by atoms with Gasteiger partial charge in [-0.25, -0.2) is 0 Å². The van der Waals surface area contributed by atoms with Crippen molar-refractivity contribution in [2.24, 2.45) is 11.8 Å². The number of hydrogen-bond acceptors (Lipinski definition) is 2. The number of nitrogens with zero attached hydrogens (tertiary/aromatic N) is 2. The van der Waals surface area contributed by atoms with Gasteiger partial charge in [0.2, 0.25) is 0 Å². The molecule has 3 rings (SSSR count). The summed E-state index contributed by atoms with van der Waals surface area (Å²) < 4.78 is 5.94. The van der Waals surface area contributed by atoms with E-state index in [2.05, 4.69) is 4.90 Å². The van der Waals surface area contributed by atoms with Gasteiger partial charge < -0.3 is 14.5 Å². The number of likely N-dealkylation sites (tertiary alicyclic amines) is 1. The normalized spacial score (nSPS) is 42.1. The summed E-state index contributed by atoms with van der Waals surface area (Å²) in [6.07, 6.45) is 3.62. The van der Waals surface area contributed by atoms with Crippen LogP contribution in [0.5, 0.6) is 0 Å². The van der Waals surface area contributed by atoms with Crippen LogP contribution < -0.4 is 0 Å². The molecule has 0 aromatic rings. The molecule has 0 aliphatic carbocycles. The maximum atomic E-state index is 5.94. The summed E-state index contributed by atoms with van der Waals surface area (Å²) >= 11 is 5.42. The zero-order chi connectivity index (χ0) is 10.6. The Morgan fingerprint density at radius 1 is 1.20 bits per heavy atom. The first kappa shape index (κ1) is 9.85. The maximum absolute atomic E-state index is 5.94. The average molecular weight is 226 g/mol. The third-order valence-electron chi connectivity index (χ3n) is 4.11. The molecule has 4 heteroatoms. The first-order valence-corrected chi connectivity index (χ1v) is 6.19. The fraction of sp³-hybridized carbons (Fsp3) is 0.909. The van der Waals surface area contributed by atoms with Crippen LogP contribution in [0, 0.1) is 11.8 Å². The first-order valence-electron chi connectivity index (χ1n) is 5.78. The summed E-state index contributed by atoms with van der Waals surface area (Å²) in [5, 5.41) is 0.990. The predicted molar refractivity (Wildman–Crippen MR) is 62.7 cm³/mol. The van der Waals surface area contributed by atoms with Gasteiger partial charge in [0.25, 0.3) is 0 Å². The van der Waals surface area contributed by atoms with Crippen molar-refractivity contribution >= 4 is 17.3 Å². The number of rotatable bonds is 0. The van der Waals surface area contributed by atoms with Gasteiger partial charge in [-0.3, -0.25) is 0 Å². The summed E-state index contributed by atoms with van der Waals surface area (Å²) in [7, 11) is 4.06. The lowest BCUT2D eigenvalue weighted by atomic mass is 9.82. The van der Waals surface area contributed by atoms with Gasteiger partial charge in [0.05, 0.1) is 12.2 Å². The Balaban J connectivity index is 1.72. The second kappa shape index (κ2) is 3.32. The molecule has 15 heavy (non-hydrogen) atoms. The van der Waals surface area contributed by atoms with Gasteiger partial charge in [-0.2, -0.15) is 0 Å². The van der Waals surface area contributed by atoms with Crippen LogP contribution in [0.1, 0.15) is 12.8 Å². The van der Waals surface area contributed by atoms with E-state index < -0.39 is 0 Å². The van der Waals surface area contributed by atoms with Gasteiger partial charge in [0, 0.05) is 39.0 Å². The molecule has 0 spiro atoms. The van der Waals surface area contributed by atoms with Crippen LogP contribution in [0.25, 0.3) is 0 Å². The Labute approximate surface area is 96.4 Å². The number of hydrogen-bond donors (Lipinski definition) is 0. The van der Waals surface area contributed by atoms with E-state index >= 15 is 0 Å². The predicted octanol–water partition coefficient (Wildman–Crippen LogP) is 0.942. The van der Waals surface area contributed by atoms with Gasteiger partial charge in [-0.15, -0.1) is 0 Å². The molecular formula is C11H18N2OS. The molecule has 3 heterocycles. The second-order valence-corrected chi connectivity index (χ2v) is 5.57. The lowest BCUT2D eigenvalue weighted by Gasteiger charge is -2.26. The lowest BCUT2D eigenvalue weighted by molar-refractivity contribution is 0.0764. The molecule has 0 saturated carbocycles. The van der Waals surface area contributed by atoms with Gasteiger partial charge in [-0.05, 0) is 25.1 Å². The standard InChI is InChI=1S/C11H18N2OS/c1-12(2)11(15)13-5-7-8(6-13)10-4-3-9(7)14-10/h7-10H,3-6H2,1-2H3. The van der Waals surface area contributed by atoms with E-state index in [0.29, 0.717) is 12.2 Å². The molecule has 3 nitrogen and oxygen atoms in total. The Morgan fingerprint density at radius 3 is 2.20 bits per heavy atom. The highest BCUT2D eigenvalue weighted by atomic mass is 32.1. The summed E-state index contributed by atoms with van der Waals surface area (Å²) in [6, 6.07) is 0. The molecule has 0 aromatic heterocycles. The summed E-state index contributed by atoms with van der Waals surface area (Å²) in [5.74, 6) is 1.50. The molecule has 0 amide bonds. The fourth-order valence-electron chi connectivity index (χ4n) is 3.40. The van der Waals surface area contributed by atoms with E-state index in [9.17, 15) is 0 Å². The topological polar surface area (TPSA) is 15.7 Å². The SMILES string of the molecule is CN(C)C(=S)N1CC2C3CCC(O3)C2C1. The van der Waals surface area contributed by atoms with E-state index in [1.165, 1.54) is 12.8 Å². The minimum Gasteiger partial charge on any atom is -0.374 e. The molecule has 3 aliphatic heterocycles. The van der Waals surface area contributed by atoms with Crippen molar-refractivity contribution in [2.45, 2.75) is 25.0 Å². The van der Waals surface area contributed by atoms with Crippen LogP contribution in [0.3, 0.4) is 0 Å². The van der Waals surface area contributed by atoms with Gasteiger partial charge in [-0.1, -0.05) is 0 Å². The third kappa shape index (κ3) is 1.38. The molecule has 3 aliphatic rings. The molecule has 84 valence electrons. The summed E-state index contributed by atoms with van der Waals surface area (Å²) in [5.41, 5.74) is 0. The fourth-order valence-corrected chi connectivity index (χ4v) is 3.55. The van der Waals surface area contributed by atoms with Gasteiger partial charge >= 0.3 is 0 Å². The zero-order valence-corrected chi connectivity index (χ0v) is 10.2. The van der Waals surface area contributed by atoms with E-state index in [4.69, 9.17) is 17.0 Å². The van der Waals surface area contributed by atoms with E-state index in [1.807, 2.05) is 19.0 Å². The van der Waals surface area contributed by atoms with Gasteiger partial charge in [0.15, 0.2) is 5.11 Å². The molecule has 0 radical (unpaired) electrons. The molecule has 0 N–H and O–H groups in total. The number of fused-ring (bicyclic) bond motifs is 5. The van der Waals surface area contributed by atoms with Gasteiger partial charge in [0.1, 0.15) is 0 Å². The number of thiocarbonyl (C=S) groups is 1. The molecule has 3 fully saturated rings. The van der Waals surface area contributed by atoms with Crippen molar-refractivity contribution in [2.75, 3.05) is 27.2 Å². The molecule has 2 bridgehead atoms. The Bertz CT molecular complexity index is 276. The van der Waals surface area contributed by atoms with Crippen molar-refractivity contribution in [3.63, 3.8) is 0 Å². The van der Waals surface area contributed by atoms with Crippen molar-refractivity contribution in [3.8, 4) is 0 Å². The monoisotopic (exact) mass is 226 g/mol. The minimum atomic E-state index is 0.537. The van der Waals surface area contributed by atoms with E-state index in [1.54, 1.807) is 0 Å². The third-order valence-corrected chi connectivity index (χ3v) is 4.73. The molecule has 0 aromatic carbocycles. The Kier molecular flexibility index (Phi) is 2.18. The average Bonchev–Trinajstić information content (AvgIpc) is 2.87. The van der Waals surface area contributed by atoms with Crippen LogP contribution in [-0.2, 0) is 4.74 Å². The molecule has 4 unspecified atom stereocenters. The van der Waals surface area contributed by atoms with E-state index in [-0.39, 0.29) is 0 Å². The quantitative estimate of drug-likeness (QED) is 0.571. The highest BCUT2D eigenvalue weighted by Gasteiger charge is 2.53. The van der Waals surface area contributed by atoms with Crippen LogP contribution in [0.4, 0.5) is 0 Å². The Hall–Kier alpha value is -0.350. The van der Waals surface area contributed by atoms with Crippen molar-refractivity contribution in [1.29, 1.82) is 0 Å². The first-order chi connectivity index (χ1) is 7.16. The van der Waals surface area contributed by atoms with Crippen LogP contribution >= 0.6 is 12.2 Å². The van der Waals surface area contributed by atoms with Crippen molar-refractivity contribution in [1.82, 2.24) is 9.80 Å². The summed E-state index contributed by atoms with van der Waals surface area (Å²) in [6.45, 7) is 2.23. The molecular weight excluding hydrogens is 208 g/mol. The highest BCUT2D eigenvalue weighted by molar-refractivity contribution is 7.80. The minimum absolute atomic E-state index is 0.537. The largest absolute Gasteiger partial charge is 0.374 e. The van der Waals surface area contributed by atoms with E-state index in [0.717, 1.165) is 30.0 Å². The molecule has 4 atom stereocenters. The zero-order valence-electron chi connectivity index (χ0n) is 9.35. The highest BCUT2D eigenvalue weighted by Crippen LogP contribution is 2.47. The summed E-state index contributed by atoms with van der Waals surface area (Å²) in [4.78, 5) is 4.40. The Morgan fingerprint density at radius 2 is 1.73 bits per heavy atom. The van der Waals surface area contributed by atoms with Crippen LogP contribution in [0.2, 0.25) is 0 Å². The smallest absolute Gasteiger partial charge is 0.171 e. The maximum Gasteiger partial charge on any atom is 0.171 e. The molecule has 3 saturated heterocycles.